The van der Waals surface area contributed by atoms with Crippen molar-refractivity contribution in [2.24, 2.45) is 0 Å². The van der Waals surface area contributed by atoms with E-state index in [1.165, 1.54) is 25.6 Å². The van der Waals surface area contributed by atoms with E-state index in [4.69, 9.17) is 4.74 Å². The first-order chi connectivity index (χ1) is 13.2. The Morgan fingerprint density at radius 1 is 1.00 bits per heavy atom. The molecule has 2 aromatic rings. The lowest BCUT2D eigenvalue weighted by Crippen LogP contribution is -2.30. The molecule has 7 heteroatoms. The van der Waals surface area contributed by atoms with Crippen molar-refractivity contribution >= 4 is 40.9 Å². The number of rotatable bonds is 7. The molecule has 1 atom stereocenters. The number of thioether (sulfide) groups is 1. The predicted octanol–water partition coefficient (Wildman–Crippen LogP) is 3.92. The molecular formula is C21H24N2O4S. The van der Waals surface area contributed by atoms with Gasteiger partial charge in [-0.3, -0.25) is 14.4 Å². The number of anilines is 2. The summed E-state index contributed by atoms with van der Waals surface area (Å²) in [4.78, 5) is 36.3. The summed E-state index contributed by atoms with van der Waals surface area (Å²) in [5.41, 5.74) is 3.40. The van der Waals surface area contributed by atoms with Gasteiger partial charge in [-0.15, -0.1) is 11.8 Å². The zero-order valence-electron chi connectivity index (χ0n) is 16.4. The Kier molecular flexibility index (Phi) is 7.63. The zero-order valence-corrected chi connectivity index (χ0v) is 17.2. The fourth-order valence-electron chi connectivity index (χ4n) is 2.37. The van der Waals surface area contributed by atoms with E-state index in [2.05, 4.69) is 10.6 Å². The Morgan fingerprint density at radius 2 is 1.61 bits per heavy atom. The second-order valence-corrected chi connectivity index (χ2v) is 7.45. The molecule has 0 fully saturated rings. The molecule has 2 rings (SSSR count). The molecule has 0 aliphatic carbocycles. The first-order valence-corrected chi connectivity index (χ1v) is 9.81. The Hall–Kier alpha value is -2.80. The third kappa shape index (κ3) is 6.74. The molecule has 0 bridgehead atoms. The monoisotopic (exact) mass is 400 g/mol. The molecule has 0 aliphatic heterocycles. The van der Waals surface area contributed by atoms with Crippen LogP contribution in [0.3, 0.4) is 0 Å². The third-order valence-electron chi connectivity index (χ3n) is 3.84. The van der Waals surface area contributed by atoms with Crippen molar-refractivity contribution in [1.82, 2.24) is 0 Å². The lowest BCUT2D eigenvalue weighted by atomic mass is 10.2. The largest absolute Gasteiger partial charge is 0.452 e. The summed E-state index contributed by atoms with van der Waals surface area (Å²) >= 11 is 1.39. The maximum Gasteiger partial charge on any atom is 0.317 e. The summed E-state index contributed by atoms with van der Waals surface area (Å²) in [6.07, 6.45) is -0.915. The van der Waals surface area contributed by atoms with Crippen molar-refractivity contribution in [2.75, 3.05) is 16.4 Å². The van der Waals surface area contributed by atoms with Crippen molar-refractivity contribution < 1.29 is 19.1 Å². The fourth-order valence-corrected chi connectivity index (χ4v) is 3.27. The molecule has 0 saturated heterocycles. The highest BCUT2D eigenvalue weighted by Gasteiger charge is 2.18. The van der Waals surface area contributed by atoms with Gasteiger partial charge in [0, 0.05) is 23.2 Å². The minimum Gasteiger partial charge on any atom is -0.452 e. The Bertz CT molecular complexity index is 865. The summed E-state index contributed by atoms with van der Waals surface area (Å²) < 4.78 is 5.22. The first kappa shape index (κ1) is 21.5. The molecule has 6 nitrogen and oxygen atoms in total. The summed E-state index contributed by atoms with van der Waals surface area (Å²) in [6.45, 7) is 6.93. The number of hydrogen-bond donors (Lipinski definition) is 2. The number of amides is 2. The van der Waals surface area contributed by atoms with Gasteiger partial charge in [0.2, 0.25) is 5.91 Å². The molecule has 2 amide bonds. The van der Waals surface area contributed by atoms with Gasteiger partial charge in [-0.25, -0.2) is 0 Å². The van der Waals surface area contributed by atoms with Crippen LogP contribution in [0.4, 0.5) is 11.4 Å². The van der Waals surface area contributed by atoms with Crippen molar-refractivity contribution in [3.63, 3.8) is 0 Å². The highest BCUT2D eigenvalue weighted by molar-refractivity contribution is 8.00. The van der Waals surface area contributed by atoms with Crippen LogP contribution in [0.1, 0.15) is 25.0 Å². The molecular weight excluding hydrogens is 376 g/mol. The molecule has 2 N–H and O–H groups in total. The van der Waals surface area contributed by atoms with Gasteiger partial charge in [-0.05, 0) is 56.7 Å². The Morgan fingerprint density at radius 3 is 2.21 bits per heavy atom. The van der Waals surface area contributed by atoms with E-state index < -0.39 is 18.0 Å². The number of ether oxygens (including phenoxy) is 1. The maximum atomic E-state index is 12.2. The van der Waals surface area contributed by atoms with Gasteiger partial charge in [0.1, 0.15) is 0 Å². The van der Waals surface area contributed by atoms with E-state index in [0.29, 0.717) is 11.4 Å². The van der Waals surface area contributed by atoms with E-state index in [-0.39, 0.29) is 11.7 Å². The van der Waals surface area contributed by atoms with Gasteiger partial charge in [0.25, 0.3) is 5.91 Å². The maximum absolute atomic E-state index is 12.2. The van der Waals surface area contributed by atoms with Gasteiger partial charge in [-0.2, -0.15) is 0 Å². The number of hydrogen-bond acceptors (Lipinski definition) is 5. The lowest BCUT2D eigenvalue weighted by Gasteiger charge is -2.14. The van der Waals surface area contributed by atoms with E-state index in [0.717, 1.165) is 16.0 Å². The second-order valence-electron chi connectivity index (χ2n) is 6.44. The second kappa shape index (κ2) is 9.94. The van der Waals surface area contributed by atoms with Crippen LogP contribution in [-0.4, -0.2) is 29.6 Å². The quantitative estimate of drug-likeness (QED) is 0.543. The Labute approximate surface area is 169 Å². The standard InChI is InChI=1S/C21H24N2O4S/c1-13-5-6-14(2)19(11-13)28-12-20(25)27-15(3)21(26)23-18-9-7-17(8-10-18)22-16(4)24/h5-11,15H,12H2,1-4H3,(H,22,24)(H,23,26)/t15-/m0/s1. The highest BCUT2D eigenvalue weighted by atomic mass is 32.2. The summed E-state index contributed by atoms with van der Waals surface area (Å²) in [5.74, 6) is -0.907. The minimum atomic E-state index is -0.915. The summed E-state index contributed by atoms with van der Waals surface area (Å²) in [6, 6.07) is 12.7. The number of carbonyl (C=O) groups is 3. The molecule has 28 heavy (non-hydrogen) atoms. The van der Waals surface area contributed by atoms with Gasteiger partial charge in [0.05, 0.1) is 5.75 Å². The molecule has 0 aromatic heterocycles. The van der Waals surface area contributed by atoms with Crippen LogP contribution in [0.25, 0.3) is 0 Å². The highest BCUT2D eigenvalue weighted by Crippen LogP contribution is 2.23. The van der Waals surface area contributed by atoms with Crippen LogP contribution in [-0.2, 0) is 19.1 Å². The minimum absolute atomic E-state index is 0.132. The number of esters is 1. The van der Waals surface area contributed by atoms with Crippen molar-refractivity contribution in [1.29, 1.82) is 0 Å². The van der Waals surface area contributed by atoms with Crippen molar-refractivity contribution in [2.45, 2.75) is 38.7 Å². The van der Waals surface area contributed by atoms with Gasteiger partial charge >= 0.3 is 5.97 Å². The van der Waals surface area contributed by atoms with Crippen LogP contribution >= 0.6 is 11.8 Å². The molecule has 0 radical (unpaired) electrons. The van der Waals surface area contributed by atoms with E-state index in [1.807, 2.05) is 32.0 Å². The predicted molar refractivity (Wildman–Crippen MR) is 112 cm³/mol. The molecule has 0 aliphatic rings. The lowest BCUT2D eigenvalue weighted by molar-refractivity contribution is -0.150. The fraction of sp³-hybridized carbons (Fsp3) is 0.286. The number of carbonyl (C=O) groups excluding carboxylic acids is 3. The third-order valence-corrected chi connectivity index (χ3v) is 4.97. The van der Waals surface area contributed by atoms with Crippen LogP contribution in [0.15, 0.2) is 47.4 Å². The van der Waals surface area contributed by atoms with Crippen LogP contribution in [0, 0.1) is 13.8 Å². The molecule has 0 unspecified atom stereocenters. The van der Waals surface area contributed by atoms with Crippen LogP contribution in [0.5, 0.6) is 0 Å². The Balaban J connectivity index is 1.83. The average molecular weight is 401 g/mol. The summed E-state index contributed by atoms with van der Waals surface area (Å²) in [5, 5.41) is 5.33. The SMILES string of the molecule is CC(=O)Nc1ccc(NC(=O)[C@H](C)OC(=O)CSc2cc(C)ccc2C)cc1. The van der Waals surface area contributed by atoms with E-state index in [1.54, 1.807) is 24.3 Å². The van der Waals surface area contributed by atoms with Gasteiger partial charge in [-0.1, -0.05) is 17.7 Å². The number of aryl methyl sites for hydroxylation is 2. The average Bonchev–Trinajstić information content (AvgIpc) is 2.63. The van der Waals surface area contributed by atoms with E-state index in [9.17, 15) is 14.4 Å². The van der Waals surface area contributed by atoms with E-state index >= 15 is 0 Å². The van der Waals surface area contributed by atoms with Crippen molar-refractivity contribution in [3.05, 3.63) is 53.6 Å². The van der Waals surface area contributed by atoms with Crippen molar-refractivity contribution in [3.8, 4) is 0 Å². The zero-order chi connectivity index (χ0) is 20.7. The molecule has 0 spiro atoms. The van der Waals surface area contributed by atoms with Crippen LogP contribution in [0.2, 0.25) is 0 Å². The molecule has 0 heterocycles. The van der Waals surface area contributed by atoms with Gasteiger partial charge in [0.15, 0.2) is 6.10 Å². The molecule has 2 aromatic carbocycles. The van der Waals surface area contributed by atoms with Gasteiger partial charge < -0.3 is 15.4 Å². The number of nitrogens with one attached hydrogen (secondary N) is 2. The topological polar surface area (TPSA) is 84.5 Å². The molecule has 0 saturated carbocycles. The van der Waals surface area contributed by atoms with Crippen LogP contribution < -0.4 is 10.6 Å². The first-order valence-electron chi connectivity index (χ1n) is 8.82. The molecule has 148 valence electrons. The smallest absolute Gasteiger partial charge is 0.317 e. The normalized spacial score (nSPS) is 11.4. The number of benzene rings is 2. The summed E-state index contributed by atoms with van der Waals surface area (Å²) in [7, 11) is 0.